The minimum Gasteiger partial charge on any atom is -0.328 e. The van der Waals surface area contributed by atoms with E-state index in [0.29, 0.717) is 0 Å². The number of hydrogen-bond donors (Lipinski definition) is 3. The molecule has 3 N–H and O–H groups in total. The van der Waals surface area contributed by atoms with Crippen LogP contribution < -0.4 is 0 Å². The van der Waals surface area contributed by atoms with Gasteiger partial charge in [-0.15, -0.1) is 0 Å². The second-order valence-electron chi connectivity index (χ2n) is 6.34. The first kappa shape index (κ1) is 19.1. The van der Waals surface area contributed by atoms with Gasteiger partial charge < -0.3 is 19.2 Å². The maximum Gasteiger partial charge on any atom is 0.466 e. The van der Waals surface area contributed by atoms with Gasteiger partial charge in [0.2, 0.25) is 0 Å². The summed E-state index contributed by atoms with van der Waals surface area (Å²) in [6.07, 6.45) is 13.2. The Bertz CT molecular complexity index is 254. The minimum atomic E-state index is -4.64. The van der Waals surface area contributed by atoms with Gasteiger partial charge in [0.05, 0.1) is 27.2 Å². The molecule has 0 heterocycles. The Balaban J connectivity index is 0.000000555. The molecule has 116 valence electrons. The molecular formula is C13H31NO4P+. The molecule has 0 bridgehead atoms. The first-order valence-electron chi connectivity index (χ1n) is 7.20. The second kappa shape index (κ2) is 9.09. The SMILES string of the molecule is C[N+](C)(C)C1CCCCCCCCC1.O=P(O)(O)O. The summed E-state index contributed by atoms with van der Waals surface area (Å²) in [5, 5.41) is 0. The Morgan fingerprint density at radius 3 is 1.32 bits per heavy atom. The molecule has 19 heavy (non-hydrogen) atoms. The minimum absolute atomic E-state index is 0.910. The molecule has 0 spiro atoms. The van der Waals surface area contributed by atoms with Crippen molar-refractivity contribution in [3.8, 4) is 0 Å². The van der Waals surface area contributed by atoms with E-state index in [1.54, 1.807) is 0 Å². The quantitative estimate of drug-likeness (QED) is 0.513. The van der Waals surface area contributed by atoms with E-state index in [-0.39, 0.29) is 0 Å². The first-order valence-corrected chi connectivity index (χ1v) is 8.76. The van der Waals surface area contributed by atoms with Crippen molar-refractivity contribution in [2.24, 2.45) is 0 Å². The molecular weight excluding hydrogens is 265 g/mol. The molecule has 5 nitrogen and oxygen atoms in total. The molecule has 1 aliphatic rings. The smallest absolute Gasteiger partial charge is 0.328 e. The maximum absolute atomic E-state index is 8.88. The van der Waals surface area contributed by atoms with Gasteiger partial charge in [0.15, 0.2) is 0 Å². The lowest BCUT2D eigenvalue weighted by atomic mass is 9.96. The summed E-state index contributed by atoms with van der Waals surface area (Å²) >= 11 is 0. The maximum atomic E-state index is 8.88. The lowest BCUT2D eigenvalue weighted by Gasteiger charge is -2.35. The molecule has 0 aromatic carbocycles. The van der Waals surface area contributed by atoms with Crippen molar-refractivity contribution in [2.45, 2.75) is 63.8 Å². The van der Waals surface area contributed by atoms with Gasteiger partial charge in [-0.05, 0) is 25.7 Å². The zero-order valence-corrected chi connectivity index (χ0v) is 13.5. The first-order chi connectivity index (χ1) is 8.61. The van der Waals surface area contributed by atoms with Crippen LogP contribution in [0, 0.1) is 0 Å². The molecule has 1 rings (SSSR count). The summed E-state index contributed by atoms with van der Waals surface area (Å²) in [4.78, 5) is 21.6. The Labute approximate surface area is 117 Å². The van der Waals surface area contributed by atoms with E-state index < -0.39 is 7.82 Å². The zero-order chi connectivity index (χ0) is 14.9. The van der Waals surface area contributed by atoms with Gasteiger partial charge in [0.1, 0.15) is 0 Å². The van der Waals surface area contributed by atoms with Crippen LogP contribution in [0.3, 0.4) is 0 Å². The van der Waals surface area contributed by atoms with Gasteiger partial charge in [0, 0.05) is 0 Å². The molecule has 0 aromatic heterocycles. The summed E-state index contributed by atoms with van der Waals surface area (Å²) in [7, 11) is 2.43. The van der Waals surface area contributed by atoms with Crippen molar-refractivity contribution in [3.05, 3.63) is 0 Å². The predicted octanol–water partition coefficient (Wildman–Crippen LogP) is 2.66. The number of hydrogen-bond acceptors (Lipinski definition) is 1. The number of quaternary nitrogens is 1. The Kier molecular flexibility index (Phi) is 9.12. The monoisotopic (exact) mass is 296 g/mol. The van der Waals surface area contributed by atoms with Crippen molar-refractivity contribution >= 4 is 7.82 Å². The summed E-state index contributed by atoms with van der Waals surface area (Å²) in [5.74, 6) is 0. The highest BCUT2D eigenvalue weighted by Crippen LogP contribution is 2.25. The van der Waals surface area contributed by atoms with Crippen LogP contribution >= 0.6 is 7.82 Å². The lowest BCUT2D eigenvalue weighted by molar-refractivity contribution is -0.896. The number of phosphoric acid groups is 1. The van der Waals surface area contributed by atoms with Crippen molar-refractivity contribution in [1.82, 2.24) is 0 Å². The van der Waals surface area contributed by atoms with Crippen LogP contribution in [-0.4, -0.2) is 46.3 Å². The van der Waals surface area contributed by atoms with Gasteiger partial charge in [0.25, 0.3) is 0 Å². The van der Waals surface area contributed by atoms with E-state index >= 15 is 0 Å². The van der Waals surface area contributed by atoms with Gasteiger partial charge in [-0.2, -0.15) is 0 Å². The van der Waals surface area contributed by atoms with Crippen LogP contribution in [0.15, 0.2) is 0 Å². The molecule has 0 saturated heterocycles. The molecule has 1 saturated carbocycles. The van der Waals surface area contributed by atoms with E-state index in [1.165, 1.54) is 62.3 Å². The Morgan fingerprint density at radius 2 is 1.05 bits per heavy atom. The van der Waals surface area contributed by atoms with E-state index in [4.69, 9.17) is 19.2 Å². The van der Waals surface area contributed by atoms with Crippen LogP contribution in [0.2, 0.25) is 0 Å². The van der Waals surface area contributed by atoms with Crippen LogP contribution in [0.4, 0.5) is 0 Å². The van der Waals surface area contributed by atoms with E-state index in [2.05, 4.69) is 21.1 Å². The molecule has 1 aliphatic carbocycles. The summed E-state index contributed by atoms with van der Waals surface area (Å²) in [6.45, 7) is 0. The molecule has 0 atom stereocenters. The van der Waals surface area contributed by atoms with Gasteiger partial charge in [-0.1, -0.05) is 32.1 Å². The highest BCUT2D eigenvalue weighted by Gasteiger charge is 2.22. The third-order valence-corrected chi connectivity index (χ3v) is 3.67. The van der Waals surface area contributed by atoms with Crippen LogP contribution in [0.1, 0.15) is 57.8 Å². The largest absolute Gasteiger partial charge is 0.466 e. The summed E-state index contributed by atoms with van der Waals surface area (Å²) < 4.78 is 10.0. The number of nitrogens with zero attached hydrogens (tertiary/aromatic N) is 1. The fourth-order valence-electron chi connectivity index (χ4n) is 2.56. The average molecular weight is 296 g/mol. The highest BCUT2D eigenvalue weighted by atomic mass is 31.2. The van der Waals surface area contributed by atoms with Crippen molar-refractivity contribution in [1.29, 1.82) is 0 Å². The van der Waals surface area contributed by atoms with Crippen molar-refractivity contribution in [2.75, 3.05) is 21.1 Å². The summed E-state index contributed by atoms with van der Waals surface area (Å²) in [6, 6.07) is 0.910. The van der Waals surface area contributed by atoms with Crippen LogP contribution in [0.25, 0.3) is 0 Å². The average Bonchev–Trinajstić information content (AvgIpc) is 2.22. The molecule has 0 aliphatic heterocycles. The molecule has 0 aromatic rings. The van der Waals surface area contributed by atoms with Crippen molar-refractivity contribution in [3.63, 3.8) is 0 Å². The van der Waals surface area contributed by atoms with Gasteiger partial charge in [-0.25, -0.2) is 4.57 Å². The van der Waals surface area contributed by atoms with E-state index in [9.17, 15) is 0 Å². The van der Waals surface area contributed by atoms with E-state index in [0.717, 1.165) is 6.04 Å². The predicted molar refractivity (Wildman–Crippen MR) is 77.6 cm³/mol. The Morgan fingerprint density at radius 1 is 0.789 bits per heavy atom. The third-order valence-electron chi connectivity index (χ3n) is 3.67. The van der Waals surface area contributed by atoms with Crippen molar-refractivity contribution < 1.29 is 23.7 Å². The number of rotatable bonds is 1. The molecule has 0 radical (unpaired) electrons. The lowest BCUT2D eigenvalue weighted by Crippen LogP contribution is -2.45. The normalized spacial score (nSPS) is 20.3. The third kappa shape index (κ3) is 14.3. The fraction of sp³-hybridized carbons (Fsp3) is 1.00. The molecule has 0 unspecified atom stereocenters. The second-order valence-corrected chi connectivity index (χ2v) is 7.36. The molecule has 1 fully saturated rings. The van der Waals surface area contributed by atoms with E-state index in [1.807, 2.05) is 0 Å². The zero-order valence-electron chi connectivity index (χ0n) is 12.6. The van der Waals surface area contributed by atoms with Gasteiger partial charge in [-0.3, -0.25) is 0 Å². The van der Waals surface area contributed by atoms with Crippen LogP contribution in [-0.2, 0) is 4.57 Å². The topological polar surface area (TPSA) is 77.8 Å². The molecule has 6 heteroatoms. The highest BCUT2D eigenvalue weighted by molar-refractivity contribution is 7.45. The van der Waals surface area contributed by atoms with Gasteiger partial charge >= 0.3 is 7.82 Å². The summed E-state index contributed by atoms with van der Waals surface area (Å²) in [5.41, 5.74) is 0. The van der Waals surface area contributed by atoms with Crippen LogP contribution in [0.5, 0.6) is 0 Å². The standard InChI is InChI=1S/C13H28N.H3O4P/c1-14(2,3)13-11-9-7-5-4-6-8-10-12-13;1-5(2,3)4/h13H,4-12H2,1-3H3;(H3,1,2,3,4)/q+1;. The molecule has 0 amide bonds. The fourth-order valence-corrected chi connectivity index (χ4v) is 2.56. The Hall–Kier alpha value is 0.0700.